The minimum absolute atomic E-state index is 0.0779. The summed E-state index contributed by atoms with van der Waals surface area (Å²) in [7, 11) is 0. The minimum Gasteiger partial charge on any atom is -0.240 e. The van der Waals surface area contributed by atoms with Crippen LogP contribution < -0.4 is 0 Å². The Bertz CT molecular complexity index is 981. The van der Waals surface area contributed by atoms with Gasteiger partial charge >= 0.3 is 6.18 Å². The average Bonchev–Trinajstić information content (AvgIpc) is 2.66. The molecule has 0 fully saturated rings. The summed E-state index contributed by atoms with van der Waals surface area (Å²) in [6, 6.07) is 18.8. The van der Waals surface area contributed by atoms with Gasteiger partial charge in [-0.05, 0) is 23.8 Å². The Morgan fingerprint density at radius 2 is 1.70 bits per heavy atom. The molecule has 1 aromatic heterocycles. The van der Waals surface area contributed by atoms with Gasteiger partial charge in [-0.2, -0.15) is 18.4 Å². The lowest BCUT2D eigenvalue weighted by Gasteiger charge is -2.14. The lowest BCUT2D eigenvalue weighted by Crippen LogP contribution is -2.10. The van der Waals surface area contributed by atoms with E-state index in [0.29, 0.717) is 11.3 Å². The van der Waals surface area contributed by atoms with Gasteiger partial charge in [-0.1, -0.05) is 58.4 Å². The lowest BCUT2D eigenvalue weighted by molar-refractivity contribution is -0.138. The Labute approximate surface area is 167 Å². The average molecular weight is 449 g/mol. The van der Waals surface area contributed by atoms with Crippen molar-refractivity contribution in [2.24, 2.45) is 0 Å². The summed E-state index contributed by atoms with van der Waals surface area (Å²) >= 11 is 4.43. The third-order valence-corrected chi connectivity index (χ3v) is 5.34. The molecule has 3 rings (SSSR count). The maximum Gasteiger partial charge on any atom is 0.417 e. The second-order valence-electron chi connectivity index (χ2n) is 5.63. The first kappa shape index (κ1) is 19.5. The van der Waals surface area contributed by atoms with E-state index in [4.69, 9.17) is 0 Å². The summed E-state index contributed by atoms with van der Waals surface area (Å²) in [4.78, 5) is 4.36. The Morgan fingerprint density at radius 1 is 1.04 bits per heavy atom. The topological polar surface area (TPSA) is 36.7 Å². The summed E-state index contributed by atoms with van der Waals surface area (Å²) in [6.45, 7) is 0. The molecule has 0 saturated heterocycles. The maximum absolute atomic E-state index is 13.5. The number of hydrogen-bond acceptors (Lipinski definition) is 3. The molecule has 0 N–H and O–H groups in total. The van der Waals surface area contributed by atoms with Gasteiger partial charge < -0.3 is 0 Å². The fourth-order valence-corrected chi connectivity index (χ4v) is 3.68. The quantitative estimate of drug-likeness (QED) is 0.417. The predicted molar refractivity (Wildman–Crippen MR) is 103 cm³/mol. The summed E-state index contributed by atoms with van der Waals surface area (Å²) in [5.74, 6) is 0.420. The van der Waals surface area contributed by atoms with Crippen molar-refractivity contribution < 1.29 is 13.2 Å². The van der Waals surface area contributed by atoms with E-state index >= 15 is 0 Å². The van der Waals surface area contributed by atoms with Crippen molar-refractivity contribution in [2.75, 3.05) is 0 Å². The van der Waals surface area contributed by atoms with Crippen LogP contribution in [0, 0.1) is 11.3 Å². The molecule has 0 unspecified atom stereocenters. The van der Waals surface area contributed by atoms with E-state index in [1.165, 1.54) is 0 Å². The lowest BCUT2D eigenvalue weighted by atomic mass is 10.1. The second-order valence-corrected chi connectivity index (χ2v) is 7.51. The smallest absolute Gasteiger partial charge is 0.240 e. The van der Waals surface area contributed by atoms with E-state index in [-0.39, 0.29) is 10.7 Å². The van der Waals surface area contributed by atoms with Crippen LogP contribution >= 0.6 is 27.7 Å². The largest absolute Gasteiger partial charge is 0.417 e. The van der Waals surface area contributed by atoms with Crippen LogP contribution in [0.15, 0.2) is 70.2 Å². The minimum atomic E-state index is -4.64. The van der Waals surface area contributed by atoms with Crippen LogP contribution in [-0.4, -0.2) is 4.98 Å². The second kappa shape index (κ2) is 8.15. The first-order chi connectivity index (χ1) is 12.9. The van der Waals surface area contributed by atoms with Crippen molar-refractivity contribution >= 4 is 27.7 Å². The molecule has 0 radical (unpaired) electrons. The van der Waals surface area contributed by atoms with E-state index in [0.717, 1.165) is 27.9 Å². The molecule has 1 heterocycles. The number of benzene rings is 2. The first-order valence-corrected chi connectivity index (χ1v) is 9.61. The third kappa shape index (κ3) is 4.71. The van der Waals surface area contributed by atoms with Gasteiger partial charge in [0.2, 0.25) is 0 Å². The van der Waals surface area contributed by atoms with Gasteiger partial charge in [0, 0.05) is 15.8 Å². The number of pyridine rings is 1. The number of aromatic nitrogens is 1. The van der Waals surface area contributed by atoms with Crippen molar-refractivity contribution in [2.45, 2.75) is 17.0 Å². The van der Waals surface area contributed by atoms with Crippen molar-refractivity contribution in [3.63, 3.8) is 0 Å². The highest BCUT2D eigenvalue weighted by Gasteiger charge is 2.36. The van der Waals surface area contributed by atoms with Crippen LogP contribution in [0.4, 0.5) is 13.2 Å². The van der Waals surface area contributed by atoms with Crippen LogP contribution in [0.2, 0.25) is 0 Å². The fourth-order valence-electron chi connectivity index (χ4n) is 2.45. The van der Waals surface area contributed by atoms with Gasteiger partial charge in [0.1, 0.15) is 11.1 Å². The van der Waals surface area contributed by atoms with E-state index in [1.807, 2.05) is 30.3 Å². The molecule has 0 aliphatic rings. The molecule has 0 spiro atoms. The van der Waals surface area contributed by atoms with Crippen LogP contribution in [0.3, 0.4) is 0 Å². The third-order valence-electron chi connectivity index (χ3n) is 3.76. The molecule has 0 amide bonds. The number of halogens is 4. The van der Waals surface area contributed by atoms with E-state index in [9.17, 15) is 18.4 Å². The molecular formula is C20H12BrF3N2S. The van der Waals surface area contributed by atoms with E-state index < -0.39 is 17.3 Å². The number of hydrogen-bond donors (Lipinski definition) is 0. The summed E-state index contributed by atoms with van der Waals surface area (Å²) in [5.41, 5.74) is 0.271. The van der Waals surface area contributed by atoms with Crippen molar-refractivity contribution in [3.05, 3.63) is 81.8 Å². The Morgan fingerprint density at radius 3 is 2.30 bits per heavy atom. The molecule has 0 atom stereocenters. The highest BCUT2D eigenvalue weighted by atomic mass is 79.9. The van der Waals surface area contributed by atoms with Crippen LogP contribution in [0.1, 0.15) is 16.7 Å². The number of nitriles is 1. The summed E-state index contributed by atoms with van der Waals surface area (Å²) in [6.07, 6.45) is -4.64. The maximum atomic E-state index is 13.5. The van der Waals surface area contributed by atoms with Crippen molar-refractivity contribution in [1.29, 1.82) is 5.26 Å². The molecular weight excluding hydrogens is 437 g/mol. The zero-order chi connectivity index (χ0) is 19.4. The highest BCUT2D eigenvalue weighted by Crippen LogP contribution is 2.38. The molecule has 7 heteroatoms. The molecule has 0 saturated carbocycles. The fraction of sp³-hybridized carbons (Fsp3) is 0.100. The zero-order valence-corrected chi connectivity index (χ0v) is 16.2. The normalized spacial score (nSPS) is 11.2. The first-order valence-electron chi connectivity index (χ1n) is 7.83. The van der Waals surface area contributed by atoms with Gasteiger partial charge in [-0.25, -0.2) is 4.98 Å². The Balaban J connectivity index is 2.08. The summed E-state index contributed by atoms with van der Waals surface area (Å²) in [5, 5.41) is 9.43. The highest BCUT2D eigenvalue weighted by molar-refractivity contribution is 9.10. The molecule has 27 heavy (non-hydrogen) atoms. The SMILES string of the molecule is N#Cc1c(C(F)(F)F)cc(-c2ccc(Br)cc2)nc1SCc1ccccc1. The van der Waals surface area contributed by atoms with Crippen LogP contribution in [0.5, 0.6) is 0 Å². The molecule has 0 aliphatic heterocycles. The van der Waals surface area contributed by atoms with Crippen LogP contribution in [0.25, 0.3) is 11.3 Å². The van der Waals surface area contributed by atoms with Crippen molar-refractivity contribution in [1.82, 2.24) is 4.98 Å². The van der Waals surface area contributed by atoms with Crippen molar-refractivity contribution in [3.8, 4) is 17.3 Å². The standard InChI is InChI=1S/C20H12BrF3N2S/c21-15-8-6-14(7-9-15)18-10-17(20(22,23)24)16(11-25)19(26-18)27-12-13-4-2-1-3-5-13/h1-10H,12H2. The number of rotatable bonds is 4. The molecule has 3 aromatic rings. The predicted octanol–water partition coefficient (Wildman–Crippen LogP) is 6.69. The molecule has 2 aromatic carbocycles. The number of thioether (sulfide) groups is 1. The van der Waals surface area contributed by atoms with Crippen LogP contribution in [-0.2, 0) is 11.9 Å². The Hall–Kier alpha value is -2.30. The zero-order valence-electron chi connectivity index (χ0n) is 13.8. The summed E-state index contributed by atoms with van der Waals surface area (Å²) < 4.78 is 41.4. The molecule has 0 bridgehead atoms. The van der Waals surface area contributed by atoms with Gasteiger partial charge in [-0.15, -0.1) is 11.8 Å². The molecule has 0 aliphatic carbocycles. The molecule has 136 valence electrons. The Kier molecular flexibility index (Phi) is 5.88. The van der Waals surface area contributed by atoms with E-state index in [2.05, 4.69) is 20.9 Å². The van der Waals surface area contributed by atoms with Gasteiger partial charge in [0.15, 0.2) is 0 Å². The molecule has 2 nitrogen and oxygen atoms in total. The number of nitrogens with zero attached hydrogens (tertiary/aromatic N) is 2. The van der Waals surface area contributed by atoms with Gasteiger partial charge in [-0.3, -0.25) is 0 Å². The monoisotopic (exact) mass is 448 g/mol. The number of alkyl halides is 3. The van der Waals surface area contributed by atoms with E-state index in [1.54, 1.807) is 30.3 Å². The van der Waals surface area contributed by atoms with Gasteiger partial charge in [0.25, 0.3) is 0 Å². The van der Waals surface area contributed by atoms with Gasteiger partial charge in [0.05, 0.1) is 16.8 Å².